The molecule has 33 heavy (non-hydrogen) atoms. The van der Waals surface area contributed by atoms with Crippen LogP contribution in [0, 0.1) is 28.6 Å². The van der Waals surface area contributed by atoms with Crippen LogP contribution in [0.2, 0.25) is 0 Å². The summed E-state index contributed by atoms with van der Waals surface area (Å²) in [5.74, 6) is 0.596. The summed E-state index contributed by atoms with van der Waals surface area (Å²) >= 11 is 0. The number of ketones is 1. The Bertz CT molecular complexity index is 855. The lowest BCUT2D eigenvalue weighted by atomic mass is 9.48. The van der Waals surface area contributed by atoms with Gasteiger partial charge in [0.15, 0.2) is 12.4 Å². The van der Waals surface area contributed by atoms with E-state index >= 15 is 0 Å². The van der Waals surface area contributed by atoms with Crippen molar-refractivity contribution in [3.63, 3.8) is 0 Å². The minimum absolute atomic E-state index is 0.0566. The second-order valence-electron chi connectivity index (χ2n) is 11.4. The Balaban J connectivity index is 1.30. The van der Waals surface area contributed by atoms with Crippen LogP contribution in [0.25, 0.3) is 0 Å². The molecule has 4 N–H and O–H groups in total. The third-order valence-corrected chi connectivity index (χ3v) is 9.91. The minimum atomic E-state index is -1.72. The lowest BCUT2D eigenvalue weighted by molar-refractivity contribution is -0.306. The summed E-state index contributed by atoms with van der Waals surface area (Å²) in [5.41, 5.74) is 1.25. The molecule has 0 aromatic heterocycles. The monoisotopic (exact) mass is 464 g/mol. The van der Waals surface area contributed by atoms with Gasteiger partial charge in [0.05, 0.1) is 6.10 Å². The van der Waals surface area contributed by atoms with E-state index in [4.69, 9.17) is 9.47 Å². The zero-order chi connectivity index (χ0) is 23.7. The number of aliphatic hydroxyl groups excluding tert-OH is 3. The van der Waals surface area contributed by atoms with Gasteiger partial charge in [-0.05, 0) is 68.1 Å². The largest absolute Gasteiger partial charge is 0.479 e. The zero-order valence-corrected chi connectivity index (χ0v) is 19.4. The average Bonchev–Trinajstić information content (AvgIpc) is 3.08. The molecule has 184 valence electrons. The van der Waals surface area contributed by atoms with Crippen molar-refractivity contribution in [3.05, 3.63) is 11.6 Å². The molecule has 4 aliphatic carbocycles. The summed E-state index contributed by atoms with van der Waals surface area (Å²) in [6.45, 7) is 4.53. The van der Waals surface area contributed by atoms with Crippen LogP contribution >= 0.6 is 0 Å². The first-order chi connectivity index (χ1) is 15.6. The molecule has 5 rings (SSSR count). The van der Waals surface area contributed by atoms with E-state index in [2.05, 4.69) is 19.9 Å². The maximum Gasteiger partial charge on any atom is 0.335 e. The predicted octanol–water partition coefficient (Wildman–Crippen LogP) is 1.80. The molecule has 11 atom stereocenters. The number of hydrogen-bond donors (Lipinski definition) is 4. The van der Waals surface area contributed by atoms with Crippen LogP contribution in [0.5, 0.6) is 0 Å². The van der Waals surface area contributed by atoms with Gasteiger partial charge in [0, 0.05) is 11.8 Å². The van der Waals surface area contributed by atoms with Crippen LogP contribution in [0.15, 0.2) is 11.6 Å². The number of aliphatic hydroxyl groups is 3. The number of ether oxygens (including phenoxy) is 2. The van der Waals surface area contributed by atoms with Crippen molar-refractivity contribution in [1.82, 2.24) is 0 Å². The standard InChI is InChI=1S/C25H36O8/c1-24-9-7-13(32-23-20(29)18(27)19(28)21(33-23)22(30)31)11-12(24)3-4-14-15-5-6-17(26)25(15,2)10-8-16(14)24/h3,13-16,18-21,23,27-29H,4-11H2,1-2H3,(H,30,31)/t13-,14+,15+,16+,18+,19+,20-,21+,23+,24+,25+/m1/s1. The number of allylic oxidation sites excluding steroid dienone is 1. The normalized spacial score (nSPS) is 51.8. The van der Waals surface area contributed by atoms with Crippen molar-refractivity contribution in [2.75, 3.05) is 0 Å². The molecule has 3 saturated carbocycles. The molecule has 1 heterocycles. The molecule has 0 unspecified atom stereocenters. The Labute approximate surface area is 194 Å². The van der Waals surface area contributed by atoms with E-state index < -0.39 is 36.7 Å². The minimum Gasteiger partial charge on any atom is -0.479 e. The molecule has 8 heteroatoms. The molecule has 0 spiro atoms. The maximum absolute atomic E-state index is 12.6. The van der Waals surface area contributed by atoms with Gasteiger partial charge in [-0.3, -0.25) is 4.79 Å². The fourth-order valence-electron chi connectivity index (χ4n) is 7.87. The molecular formula is C25H36O8. The van der Waals surface area contributed by atoms with Gasteiger partial charge in [-0.1, -0.05) is 25.5 Å². The number of Topliss-reactive ketones (excluding diaryl/α,β-unsaturated/α-hetero) is 1. The molecule has 0 bridgehead atoms. The second-order valence-corrected chi connectivity index (χ2v) is 11.4. The molecule has 0 aromatic carbocycles. The van der Waals surface area contributed by atoms with Gasteiger partial charge >= 0.3 is 5.97 Å². The average molecular weight is 465 g/mol. The quantitative estimate of drug-likeness (QED) is 0.465. The number of carbonyl (C=O) groups is 2. The highest BCUT2D eigenvalue weighted by atomic mass is 16.7. The Morgan fingerprint density at radius 3 is 2.45 bits per heavy atom. The van der Waals surface area contributed by atoms with Crippen LogP contribution in [-0.4, -0.2) is 69.0 Å². The molecule has 5 aliphatic rings. The summed E-state index contributed by atoms with van der Waals surface area (Å²) in [5, 5.41) is 39.6. The smallest absolute Gasteiger partial charge is 0.335 e. The van der Waals surface area contributed by atoms with Crippen molar-refractivity contribution >= 4 is 11.8 Å². The third-order valence-electron chi connectivity index (χ3n) is 9.91. The van der Waals surface area contributed by atoms with E-state index in [0.29, 0.717) is 30.0 Å². The van der Waals surface area contributed by atoms with E-state index in [1.54, 1.807) is 0 Å². The van der Waals surface area contributed by atoms with E-state index in [-0.39, 0.29) is 16.9 Å². The zero-order valence-electron chi connectivity index (χ0n) is 19.4. The SMILES string of the molecule is C[C@]12CC[C@@H](O[C@H]3O[C@H](C(=O)O)[C@@H](O)[C@H](O)[C@H]3O)CC1=CC[C@@H]1[C@@H]2CC[C@]2(C)C(=O)CC[C@@H]12. The van der Waals surface area contributed by atoms with E-state index in [9.17, 15) is 30.0 Å². The number of rotatable bonds is 3. The lowest BCUT2D eigenvalue weighted by Gasteiger charge is -2.57. The topological polar surface area (TPSA) is 134 Å². The molecule has 0 radical (unpaired) electrons. The molecular weight excluding hydrogens is 428 g/mol. The first-order valence-corrected chi connectivity index (χ1v) is 12.4. The van der Waals surface area contributed by atoms with Gasteiger partial charge in [0.1, 0.15) is 24.1 Å². The van der Waals surface area contributed by atoms with Gasteiger partial charge in [0.25, 0.3) is 0 Å². The molecule has 1 aliphatic heterocycles. The van der Waals surface area contributed by atoms with Gasteiger partial charge in [-0.25, -0.2) is 4.79 Å². The van der Waals surface area contributed by atoms with Crippen molar-refractivity contribution in [3.8, 4) is 0 Å². The summed E-state index contributed by atoms with van der Waals surface area (Å²) in [6, 6.07) is 0. The van der Waals surface area contributed by atoms with Crippen LogP contribution in [-0.2, 0) is 19.1 Å². The fraction of sp³-hybridized carbons (Fsp3) is 0.840. The Hall–Kier alpha value is -1.32. The molecule has 0 aromatic rings. The summed E-state index contributed by atoms with van der Waals surface area (Å²) in [7, 11) is 0. The van der Waals surface area contributed by atoms with Gasteiger partial charge in [0.2, 0.25) is 0 Å². The van der Waals surface area contributed by atoms with Gasteiger partial charge < -0.3 is 29.9 Å². The number of hydrogen-bond acceptors (Lipinski definition) is 7. The predicted molar refractivity (Wildman–Crippen MR) is 116 cm³/mol. The Kier molecular flexibility index (Phi) is 5.77. The number of carbonyl (C=O) groups excluding carboxylic acids is 1. The van der Waals surface area contributed by atoms with Gasteiger partial charge in [-0.2, -0.15) is 0 Å². The van der Waals surface area contributed by atoms with Crippen LogP contribution < -0.4 is 0 Å². The number of aliphatic carboxylic acids is 1. The molecule has 1 saturated heterocycles. The van der Waals surface area contributed by atoms with Crippen molar-refractivity contribution < 1.29 is 39.5 Å². The first kappa shape index (κ1) is 23.4. The highest BCUT2D eigenvalue weighted by Crippen LogP contribution is 2.64. The number of carboxylic acid groups (broad SMARTS) is 1. The number of carboxylic acids is 1. The highest BCUT2D eigenvalue weighted by molar-refractivity contribution is 5.87. The van der Waals surface area contributed by atoms with Crippen LogP contribution in [0.3, 0.4) is 0 Å². The van der Waals surface area contributed by atoms with Crippen LogP contribution in [0.4, 0.5) is 0 Å². The van der Waals surface area contributed by atoms with E-state index in [1.807, 2.05) is 0 Å². The molecule has 4 fully saturated rings. The lowest BCUT2D eigenvalue weighted by Crippen LogP contribution is -2.61. The summed E-state index contributed by atoms with van der Waals surface area (Å²) in [4.78, 5) is 24.0. The summed E-state index contributed by atoms with van der Waals surface area (Å²) < 4.78 is 11.3. The van der Waals surface area contributed by atoms with Gasteiger partial charge in [-0.15, -0.1) is 0 Å². The van der Waals surface area contributed by atoms with Crippen molar-refractivity contribution in [2.24, 2.45) is 28.6 Å². The Morgan fingerprint density at radius 1 is 1.03 bits per heavy atom. The Morgan fingerprint density at radius 2 is 1.73 bits per heavy atom. The van der Waals surface area contributed by atoms with Crippen molar-refractivity contribution in [1.29, 1.82) is 0 Å². The molecule has 0 amide bonds. The highest BCUT2D eigenvalue weighted by Gasteiger charge is 2.59. The molecule has 8 nitrogen and oxygen atoms in total. The maximum atomic E-state index is 12.6. The first-order valence-electron chi connectivity index (χ1n) is 12.4. The van der Waals surface area contributed by atoms with E-state index in [0.717, 1.165) is 44.9 Å². The second kappa shape index (κ2) is 8.12. The third kappa shape index (κ3) is 3.52. The van der Waals surface area contributed by atoms with Crippen molar-refractivity contribution in [2.45, 2.75) is 102 Å². The number of fused-ring (bicyclic) bond motifs is 5. The summed E-state index contributed by atoms with van der Waals surface area (Å²) in [6.07, 6.45) is 1.28. The van der Waals surface area contributed by atoms with Crippen LogP contribution in [0.1, 0.15) is 65.2 Å². The van der Waals surface area contributed by atoms with E-state index in [1.165, 1.54) is 5.57 Å². The fourth-order valence-corrected chi connectivity index (χ4v) is 7.87.